The molecule has 3 heteroatoms. The molecule has 0 aliphatic rings. The zero-order valence-corrected chi connectivity index (χ0v) is 29.0. The van der Waals surface area contributed by atoms with Crippen molar-refractivity contribution in [2.45, 2.75) is 0 Å². The van der Waals surface area contributed by atoms with Crippen molar-refractivity contribution in [3.63, 3.8) is 0 Å². The van der Waals surface area contributed by atoms with Crippen LogP contribution >= 0.6 is 0 Å². The zero-order valence-electron chi connectivity index (χ0n) is 39.0. The standard InChI is InChI=1S/C52H33NO2/c1-4-15-34(16-5-1)35-27-29-38(30-28-35)53(48-25-14-24-43-41-22-12-13-26-49(41)54-52(43)48)39-31-45(37-19-8-3-9-20-37)51-46(32-39)47-33-44(36-17-6-2-7-18-36)40-21-10-11-23-42(40)50(47)55-51/h1-33H/i2D,3D,6D,7D,8D,9D,17D,18D,19D,20D. The number of rotatable bonds is 6. The fourth-order valence-corrected chi connectivity index (χ4v) is 7.74. The second-order valence-electron chi connectivity index (χ2n) is 13.3. The Bertz CT molecular complexity index is 3730. The molecular weight excluding hydrogens is 671 g/mol. The number of benzene rings is 9. The molecule has 3 nitrogen and oxygen atoms in total. The smallest absolute Gasteiger partial charge is 0.159 e. The average molecular weight is 714 g/mol. The lowest BCUT2D eigenvalue weighted by molar-refractivity contribution is 0.669. The van der Waals surface area contributed by atoms with Crippen molar-refractivity contribution in [3.05, 3.63) is 200 Å². The summed E-state index contributed by atoms with van der Waals surface area (Å²) in [6, 6.07) is 39.8. The second-order valence-corrected chi connectivity index (χ2v) is 13.3. The van der Waals surface area contributed by atoms with Crippen molar-refractivity contribution in [2.24, 2.45) is 0 Å². The molecule has 11 rings (SSSR count). The SMILES string of the molecule is [2H]c1c([2H])c([2H])c(-c2cc3c4cc(N(c5ccc(-c6ccccc6)cc5)c5cccc6c5oc5ccccc56)cc(-c5c([2H])c([2H])c([2H])c([2H])c5[2H])c4oc3c3ccccc23)c([2H])c1[2H]. The highest BCUT2D eigenvalue weighted by molar-refractivity contribution is 6.21. The van der Waals surface area contributed by atoms with Crippen molar-refractivity contribution in [3.8, 4) is 33.4 Å². The third-order valence-electron chi connectivity index (χ3n) is 10.2. The maximum atomic E-state index is 9.21. The first kappa shape index (κ1) is 22.7. The molecule has 0 bridgehead atoms. The number of nitrogens with zero attached hydrogens (tertiary/aromatic N) is 1. The topological polar surface area (TPSA) is 29.5 Å². The van der Waals surface area contributed by atoms with Gasteiger partial charge in [0.25, 0.3) is 0 Å². The minimum absolute atomic E-state index is 0.0159. The molecule has 0 aliphatic carbocycles. The molecule has 258 valence electrons. The summed E-state index contributed by atoms with van der Waals surface area (Å²) in [5.74, 6) is 0. The van der Waals surface area contributed by atoms with Crippen LogP contribution in [0.1, 0.15) is 13.7 Å². The maximum absolute atomic E-state index is 9.21. The van der Waals surface area contributed by atoms with Crippen LogP contribution in [-0.2, 0) is 0 Å². The van der Waals surface area contributed by atoms with Gasteiger partial charge in [0, 0.05) is 43.9 Å². The van der Waals surface area contributed by atoms with Gasteiger partial charge in [0.2, 0.25) is 0 Å². The number of fused-ring (bicyclic) bond motifs is 8. The molecule has 11 aromatic rings. The summed E-state index contributed by atoms with van der Waals surface area (Å²) in [6.45, 7) is 0. The number of furan rings is 2. The summed E-state index contributed by atoms with van der Waals surface area (Å²) < 4.78 is 101. The van der Waals surface area contributed by atoms with E-state index in [0.717, 1.165) is 27.6 Å². The van der Waals surface area contributed by atoms with Gasteiger partial charge in [-0.3, -0.25) is 0 Å². The minimum Gasteiger partial charge on any atom is -0.455 e. The van der Waals surface area contributed by atoms with Gasteiger partial charge in [-0.25, -0.2) is 0 Å². The van der Waals surface area contributed by atoms with Crippen LogP contribution < -0.4 is 4.90 Å². The van der Waals surface area contributed by atoms with Crippen LogP contribution in [0.2, 0.25) is 0 Å². The van der Waals surface area contributed by atoms with Gasteiger partial charge in [0.05, 0.1) is 19.4 Å². The average Bonchev–Trinajstić information content (AvgIpc) is 3.91. The fraction of sp³-hybridized carbons (Fsp3) is 0. The third-order valence-corrected chi connectivity index (χ3v) is 10.2. The van der Waals surface area contributed by atoms with Gasteiger partial charge < -0.3 is 13.7 Å². The van der Waals surface area contributed by atoms with Crippen LogP contribution in [0.4, 0.5) is 17.1 Å². The lowest BCUT2D eigenvalue weighted by Gasteiger charge is -2.26. The minimum atomic E-state index is -0.535. The highest BCUT2D eigenvalue weighted by atomic mass is 16.3. The summed E-state index contributed by atoms with van der Waals surface area (Å²) in [4.78, 5) is 2.01. The number of anilines is 3. The summed E-state index contributed by atoms with van der Waals surface area (Å²) in [7, 11) is 0. The second kappa shape index (κ2) is 12.6. The van der Waals surface area contributed by atoms with E-state index in [1.807, 2.05) is 120 Å². The largest absolute Gasteiger partial charge is 0.455 e. The van der Waals surface area contributed by atoms with Gasteiger partial charge >= 0.3 is 0 Å². The Morgan fingerprint density at radius 1 is 0.364 bits per heavy atom. The van der Waals surface area contributed by atoms with Crippen LogP contribution in [0, 0.1) is 0 Å². The first-order valence-corrected chi connectivity index (χ1v) is 17.9. The predicted octanol–water partition coefficient (Wildman–Crippen LogP) is 15.1. The van der Waals surface area contributed by atoms with Crippen LogP contribution in [0.3, 0.4) is 0 Å². The van der Waals surface area contributed by atoms with Crippen LogP contribution in [-0.4, -0.2) is 0 Å². The molecule has 0 radical (unpaired) electrons. The number of hydrogen-bond donors (Lipinski definition) is 0. The van der Waals surface area contributed by atoms with Gasteiger partial charge in [-0.15, -0.1) is 0 Å². The predicted molar refractivity (Wildman–Crippen MR) is 229 cm³/mol. The summed E-state index contributed by atoms with van der Waals surface area (Å²) in [5.41, 5.74) is 6.39. The maximum Gasteiger partial charge on any atom is 0.159 e. The van der Waals surface area contributed by atoms with Crippen molar-refractivity contribution >= 4 is 71.7 Å². The highest BCUT2D eigenvalue weighted by Crippen LogP contribution is 2.48. The molecule has 0 saturated heterocycles. The van der Waals surface area contributed by atoms with Gasteiger partial charge in [-0.2, -0.15) is 0 Å². The molecule has 0 unspecified atom stereocenters. The Kier molecular flexibility index (Phi) is 5.21. The Balaban J connectivity index is 1.29. The van der Waals surface area contributed by atoms with E-state index in [2.05, 4.69) is 0 Å². The van der Waals surface area contributed by atoms with E-state index in [0.29, 0.717) is 55.2 Å². The summed E-state index contributed by atoms with van der Waals surface area (Å²) >= 11 is 0. The van der Waals surface area contributed by atoms with E-state index < -0.39 is 48.3 Å². The van der Waals surface area contributed by atoms with Gasteiger partial charge in [0.15, 0.2) is 5.58 Å². The Labute approximate surface area is 332 Å². The van der Waals surface area contributed by atoms with E-state index in [4.69, 9.17) is 19.8 Å². The Morgan fingerprint density at radius 3 is 1.73 bits per heavy atom. The van der Waals surface area contributed by atoms with Crippen molar-refractivity contribution < 1.29 is 22.5 Å². The van der Waals surface area contributed by atoms with Gasteiger partial charge in [0.1, 0.15) is 16.7 Å². The monoisotopic (exact) mass is 713 g/mol. The molecule has 0 amide bonds. The molecule has 2 heterocycles. The summed E-state index contributed by atoms with van der Waals surface area (Å²) in [5, 5.41) is 3.95. The summed E-state index contributed by atoms with van der Waals surface area (Å²) in [6.07, 6.45) is 0. The van der Waals surface area contributed by atoms with E-state index in [1.54, 1.807) is 24.3 Å². The van der Waals surface area contributed by atoms with Crippen molar-refractivity contribution in [2.75, 3.05) is 4.90 Å². The molecule has 2 aromatic heterocycles. The first-order chi connectivity index (χ1) is 31.4. The quantitative estimate of drug-likeness (QED) is 0.172. The normalized spacial score (nSPS) is 14.2. The van der Waals surface area contributed by atoms with Crippen LogP contribution in [0.25, 0.3) is 88.0 Å². The fourth-order valence-electron chi connectivity index (χ4n) is 7.74. The van der Waals surface area contributed by atoms with E-state index in [-0.39, 0.29) is 34.4 Å². The molecule has 0 N–H and O–H groups in total. The van der Waals surface area contributed by atoms with Gasteiger partial charge in [-0.05, 0) is 75.7 Å². The van der Waals surface area contributed by atoms with Crippen molar-refractivity contribution in [1.29, 1.82) is 0 Å². The molecule has 0 fully saturated rings. The van der Waals surface area contributed by atoms with E-state index in [1.165, 1.54) is 0 Å². The van der Waals surface area contributed by atoms with Crippen molar-refractivity contribution in [1.82, 2.24) is 0 Å². The lowest BCUT2D eigenvalue weighted by atomic mass is 9.94. The Hall–Kier alpha value is -7.36. The van der Waals surface area contributed by atoms with E-state index in [9.17, 15) is 2.74 Å². The van der Waals surface area contributed by atoms with Crippen LogP contribution in [0.15, 0.2) is 209 Å². The molecule has 0 saturated carbocycles. The molecular formula is C52H33NO2. The highest BCUT2D eigenvalue weighted by Gasteiger charge is 2.24. The molecule has 9 aromatic carbocycles. The van der Waals surface area contributed by atoms with E-state index >= 15 is 0 Å². The zero-order chi connectivity index (χ0) is 45.0. The Morgan fingerprint density at radius 2 is 0.964 bits per heavy atom. The number of hydrogen-bond acceptors (Lipinski definition) is 3. The molecule has 0 spiro atoms. The third kappa shape index (κ3) is 5.13. The first-order valence-electron chi connectivity index (χ1n) is 22.9. The molecule has 0 aliphatic heterocycles. The number of para-hydroxylation sites is 2. The molecule has 0 atom stereocenters. The lowest BCUT2D eigenvalue weighted by Crippen LogP contribution is -2.10. The molecule has 55 heavy (non-hydrogen) atoms. The van der Waals surface area contributed by atoms with Crippen LogP contribution in [0.5, 0.6) is 0 Å². The van der Waals surface area contributed by atoms with Gasteiger partial charge in [-0.1, -0.05) is 157 Å².